The first-order valence-electron chi connectivity index (χ1n) is 7.63. The topological polar surface area (TPSA) is 33.1 Å². The number of nitrogens with one attached hydrogen (secondary N) is 1. The monoisotopic (exact) mass is 436 g/mol. The van der Waals surface area contributed by atoms with Gasteiger partial charge in [-0.1, -0.05) is 13.8 Å². The Balaban J connectivity index is 0.000000924. The predicted octanol–water partition coefficient (Wildman–Crippen LogP) is 4.81. The summed E-state index contributed by atoms with van der Waals surface area (Å²) in [6, 6.07) is 3.75. The zero-order valence-corrected chi connectivity index (χ0v) is 16.2. The third kappa shape index (κ3) is 3.76. The maximum absolute atomic E-state index is 13.6. The Hall–Kier alpha value is -1.38. The van der Waals surface area contributed by atoms with Gasteiger partial charge in [0.2, 0.25) is 0 Å². The van der Waals surface area contributed by atoms with Crippen LogP contribution in [0.5, 0.6) is 0 Å². The summed E-state index contributed by atoms with van der Waals surface area (Å²) in [5.41, 5.74) is 3.13. The molecule has 1 unspecified atom stereocenters. The van der Waals surface area contributed by atoms with E-state index in [0.29, 0.717) is 5.56 Å². The van der Waals surface area contributed by atoms with Gasteiger partial charge >= 0.3 is 131 Å². The third-order valence-corrected chi connectivity index (χ3v) is 5.39. The number of hydrogen-bond donors (Lipinski definition) is 1. The molecule has 0 spiro atoms. The van der Waals surface area contributed by atoms with Crippen LogP contribution in [0.1, 0.15) is 20.8 Å². The van der Waals surface area contributed by atoms with Gasteiger partial charge in [0.05, 0.1) is 0 Å². The molecule has 2 heterocycles. The molecule has 0 bridgehead atoms. The van der Waals surface area contributed by atoms with E-state index in [2.05, 4.69) is 22.2 Å². The second-order valence-corrected chi connectivity index (χ2v) is 7.66. The number of hydrogen-bond acceptors (Lipinski definition) is 3. The number of rotatable bonds is 2. The molecule has 1 aromatic carbocycles. The molecule has 1 atom stereocenters. The number of halogens is 3. The number of fused-ring (bicyclic) bond motifs is 1. The summed E-state index contributed by atoms with van der Waals surface area (Å²) in [7, 11) is 3.78. The van der Waals surface area contributed by atoms with Gasteiger partial charge in [-0.25, -0.2) is 0 Å². The number of benzene rings is 1. The molecule has 1 aliphatic heterocycles. The van der Waals surface area contributed by atoms with Crippen molar-refractivity contribution in [2.45, 2.75) is 26.8 Å². The summed E-state index contributed by atoms with van der Waals surface area (Å²) in [5, 5.41) is 7.40. The first-order chi connectivity index (χ1) is 11.0. The van der Waals surface area contributed by atoms with Gasteiger partial charge in [0.15, 0.2) is 0 Å². The fourth-order valence-electron chi connectivity index (χ4n) is 2.71. The Morgan fingerprint density at radius 3 is 2.52 bits per heavy atom. The fourth-order valence-corrected chi connectivity index (χ4v) is 4.17. The van der Waals surface area contributed by atoms with Gasteiger partial charge in [0, 0.05) is 0 Å². The zero-order valence-electron chi connectivity index (χ0n) is 14.1. The molecule has 0 amide bonds. The van der Waals surface area contributed by atoms with E-state index >= 15 is 0 Å². The molecular formula is C16H23F2IN4. The zero-order chi connectivity index (χ0) is 17.1. The molecule has 2 aromatic rings. The summed E-state index contributed by atoms with van der Waals surface area (Å²) in [5.74, 6) is 0. The third-order valence-electron chi connectivity index (χ3n) is 3.62. The molecule has 0 saturated heterocycles. The number of anilines is 2. The van der Waals surface area contributed by atoms with E-state index in [-0.39, 0.29) is 9.61 Å². The van der Waals surface area contributed by atoms with Crippen molar-refractivity contribution in [3.05, 3.63) is 28.1 Å². The van der Waals surface area contributed by atoms with Crippen LogP contribution in [-0.2, 0) is 7.05 Å². The Morgan fingerprint density at radius 2 is 1.96 bits per heavy atom. The van der Waals surface area contributed by atoms with Crippen LogP contribution in [0.15, 0.2) is 24.5 Å². The SMILES string of the molecule is CC.CC1CN(C)c2cc(-c3cnn(C)c3)c(I(F)F)cc2N1. The second kappa shape index (κ2) is 7.46. The molecular weight excluding hydrogens is 413 g/mol. The van der Waals surface area contributed by atoms with Gasteiger partial charge in [0.1, 0.15) is 0 Å². The van der Waals surface area contributed by atoms with Crippen LogP contribution in [0.2, 0.25) is 0 Å². The summed E-state index contributed by atoms with van der Waals surface area (Å²) >= 11 is -4.09. The normalized spacial score (nSPS) is 16.9. The van der Waals surface area contributed by atoms with Crippen molar-refractivity contribution >= 4 is 32.3 Å². The molecule has 128 valence electrons. The van der Waals surface area contributed by atoms with Crippen LogP contribution in [0.3, 0.4) is 0 Å². The van der Waals surface area contributed by atoms with Gasteiger partial charge in [-0.2, -0.15) is 0 Å². The average Bonchev–Trinajstić information content (AvgIpc) is 2.94. The Kier molecular flexibility index (Phi) is 5.83. The number of aromatic nitrogens is 2. The van der Waals surface area contributed by atoms with Crippen molar-refractivity contribution in [3.63, 3.8) is 0 Å². The quantitative estimate of drug-likeness (QED) is 0.687. The number of aryl methyl sites for hydroxylation is 1. The van der Waals surface area contributed by atoms with Crippen LogP contribution in [0.25, 0.3) is 11.1 Å². The molecule has 0 fully saturated rings. The van der Waals surface area contributed by atoms with Gasteiger partial charge in [-0.05, 0) is 0 Å². The van der Waals surface area contributed by atoms with E-state index in [1.807, 2.05) is 27.0 Å². The van der Waals surface area contributed by atoms with Crippen molar-refractivity contribution in [3.8, 4) is 11.1 Å². The van der Waals surface area contributed by atoms with Gasteiger partial charge < -0.3 is 0 Å². The molecule has 1 aromatic heterocycles. The molecule has 4 nitrogen and oxygen atoms in total. The van der Waals surface area contributed by atoms with E-state index in [4.69, 9.17) is 0 Å². The molecule has 7 heteroatoms. The van der Waals surface area contributed by atoms with Crippen molar-refractivity contribution in [1.82, 2.24) is 9.78 Å². The first-order valence-corrected chi connectivity index (χ1v) is 10.3. The van der Waals surface area contributed by atoms with Crippen molar-refractivity contribution in [1.29, 1.82) is 0 Å². The maximum atomic E-state index is 13.6. The van der Waals surface area contributed by atoms with E-state index < -0.39 is 21.0 Å². The molecule has 3 rings (SSSR count). The number of likely N-dealkylation sites (N-methyl/N-ethyl adjacent to an activating group) is 1. The summed E-state index contributed by atoms with van der Waals surface area (Å²) < 4.78 is 29.0. The Bertz CT molecular complexity index is 672. The standard InChI is InChI=1S/C14H17F2IN4.C2H6/c1-9-7-20(2)14-4-11(10-6-18-21(3)8-10)12(17(15)16)5-13(14)19-9;1-2/h4-6,8-9,19H,7H2,1-3H3;1-2H3. The first kappa shape index (κ1) is 18.0. The van der Waals surface area contributed by atoms with Gasteiger partial charge in [0.25, 0.3) is 0 Å². The average molecular weight is 436 g/mol. The molecule has 0 radical (unpaired) electrons. The van der Waals surface area contributed by atoms with E-state index in [0.717, 1.165) is 23.5 Å². The van der Waals surface area contributed by atoms with Gasteiger partial charge in [-0.15, -0.1) is 0 Å². The van der Waals surface area contributed by atoms with Crippen LogP contribution in [0, 0.1) is 3.57 Å². The minimum atomic E-state index is -4.09. The summed E-state index contributed by atoms with van der Waals surface area (Å²) in [4.78, 5) is 2.11. The molecule has 1 N–H and O–H groups in total. The van der Waals surface area contributed by atoms with Crippen LogP contribution >= 0.6 is 21.0 Å². The van der Waals surface area contributed by atoms with Crippen molar-refractivity contribution in [2.75, 3.05) is 23.8 Å². The van der Waals surface area contributed by atoms with Crippen molar-refractivity contribution in [2.24, 2.45) is 7.05 Å². The van der Waals surface area contributed by atoms with Crippen LogP contribution in [-0.4, -0.2) is 29.4 Å². The van der Waals surface area contributed by atoms with E-state index in [1.54, 1.807) is 30.2 Å². The molecule has 23 heavy (non-hydrogen) atoms. The van der Waals surface area contributed by atoms with E-state index in [9.17, 15) is 5.72 Å². The molecule has 0 saturated carbocycles. The molecule has 0 aliphatic carbocycles. The van der Waals surface area contributed by atoms with Crippen LogP contribution in [0.4, 0.5) is 17.1 Å². The van der Waals surface area contributed by atoms with Gasteiger partial charge in [-0.3, -0.25) is 0 Å². The predicted molar refractivity (Wildman–Crippen MR) is 101 cm³/mol. The fraction of sp³-hybridized carbons (Fsp3) is 0.438. The number of nitrogens with zero attached hydrogens (tertiary/aromatic N) is 3. The summed E-state index contributed by atoms with van der Waals surface area (Å²) in [6.07, 6.45) is 3.42. The second-order valence-electron chi connectivity index (χ2n) is 5.37. The summed E-state index contributed by atoms with van der Waals surface area (Å²) in [6.45, 7) is 6.90. The molecule has 1 aliphatic rings. The van der Waals surface area contributed by atoms with Crippen LogP contribution < -0.4 is 10.2 Å². The Labute approximate surface area is 144 Å². The van der Waals surface area contributed by atoms with Crippen molar-refractivity contribution < 1.29 is 5.72 Å². The Morgan fingerprint density at radius 1 is 1.26 bits per heavy atom. The minimum absolute atomic E-state index is 0.195. The van der Waals surface area contributed by atoms with E-state index in [1.165, 1.54) is 0 Å².